The predicted molar refractivity (Wildman–Crippen MR) is 83.3 cm³/mol. The highest BCUT2D eigenvalue weighted by molar-refractivity contribution is 6.09. The summed E-state index contributed by atoms with van der Waals surface area (Å²) in [5, 5.41) is 26.2. The summed E-state index contributed by atoms with van der Waals surface area (Å²) in [5.74, 6) is -1.16. The summed E-state index contributed by atoms with van der Waals surface area (Å²) >= 11 is 0. The van der Waals surface area contributed by atoms with Crippen LogP contribution in [0.25, 0.3) is 6.08 Å². The lowest BCUT2D eigenvalue weighted by molar-refractivity contribution is -0.112. The highest BCUT2D eigenvalue weighted by Gasteiger charge is 2.14. The first-order chi connectivity index (χ1) is 11.6. The summed E-state index contributed by atoms with van der Waals surface area (Å²) in [5.41, 5.74) is -1.14. The summed E-state index contributed by atoms with van der Waals surface area (Å²) < 4.78 is 0. The van der Waals surface area contributed by atoms with E-state index >= 15 is 0 Å². The summed E-state index contributed by atoms with van der Waals surface area (Å²) in [4.78, 5) is 40.7. The van der Waals surface area contributed by atoms with E-state index in [1.54, 1.807) is 6.07 Å². The second-order valence-electron chi connectivity index (χ2n) is 4.31. The molecule has 2 N–H and O–H groups in total. The summed E-state index contributed by atoms with van der Waals surface area (Å²) in [7, 11) is 0. The van der Waals surface area contributed by atoms with Gasteiger partial charge in [0, 0.05) is 6.20 Å². The predicted octanol–water partition coefficient (Wildman–Crippen LogP) is 2.52. The quantitative estimate of drug-likeness (QED) is 0.485. The molecule has 0 unspecified atom stereocenters. The fourth-order valence-corrected chi connectivity index (χ4v) is 1.74. The Bertz CT molecular complexity index is 873. The number of anilines is 1. The highest BCUT2D eigenvalue weighted by Crippen LogP contribution is 2.38. The number of phenols is 1. The zero-order valence-corrected chi connectivity index (χ0v) is 11.9. The molecule has 0 radical (unpaired) electrons. The van der Waals surface area contributed by atoms with Gasteiger partial charge in [0.15, 0.2) is 5.69 Å². The van der Waals surface area contributed by atoms with E-state index in [2.05, 4.69) is 25.6 Å². The van der Waals surface area contributed by atoms with E-state index in [1.807, 2.05) is 0 Å². The maximum absolute atomic E-state index is 12.0. The van der Waals surface area contributed by atoms with Gasteiger partial charge in [0.2, 0.25) is 0 Å². The van der Waals surface area contributed by atoms with Crippen molar-refractivity contribution in [2.75, 3.05) is 5.32 Å². The van der Waals surface area contributed by atoms with E-state index in [1.165, 1.54) is 18.6 Å². The summed E-state index contributed by atoms with van der Waals surface area (Å²) in [6.45, 7) is 0. The molecule has 10 nitrogen and oxygen atoms in total. The zero-order valence-electron chi connectivity index (χ0n) is 11.9. The number of nitriles is 1. The third-order valence-electron chi connectivity index (χ3n) is 2.78. The third-order valence-corrected chi connectivity index (χ3v) is 2.78. The van der Waals surface area contributed by atoms with Crippen LogP contribution in [0.5, 0.6) is 5.75 Å². The Morgan fingerprint density at radius 2 is 2.12 bits per heavy atom. The molecule has 118 valence electrons. The fraction of sp³-hybridized carbons (Fsp3) is 0. The van der Waals surface area contributed by atoms with Gasteiger partial charge >= 0.3 is 0 Å². The molecule has 1 heterocycles. The van der Waals surface area contributed by atoms with E-state index in [9.17, 15) is 19.7 Å². The summed E-state index contributed by atoms with van der Waals surface area (Å²) in [6.07, 6.45) is 3.74. The Hall–Kier alpha value is -4.00. The number of carbonyl (C=O) groups excluding carboxylic acids is 1. The molecule has 0 aliphatic heterocycles. The molecular weight excluding hydrogens is 316 g/mol. The minimum Gasteiger partial charge on any atom is -0.505 e. The van der Waals surface area contributed by atoms with Crippen LogP contribution >= 0.6 is 0 Å². The monoisotopic (exact) mass is 324 g/mol. The number of hydrogen-bond acceptors (Lipinski definition) is 9. The molecule has 0 saturated heterocycles. The molecule has 0 aliphatic rings. The van der Waals surface area contributed by atoms with Crippen molar-refractivity contribution in [3.63, 3.8) is 0 Å². The van der Waals surface area contributed by atoms with Crippen LogP contribution in [-0.4, -0.2) is 21.0 Å². The molecule has 0 aliphatic carbocycles. The largest absolute Gasteiger partial charge is 0.505 e. The second kappa shape index (κ2) is 7.32. The van der Waals surface area contributed by atoms with Crippen molar-refractivity contribution in [1.82, 2.24) is 9.97 Å². The number of nitrogens with zero attached hydrogens (tertiary/aromatic N) is 5. The van der Waals surface area contributed by atoms with Crippen molar-refractivity contribution in [3.8, 4) is 11.8 Å². The first-order valence-corrected chi connectivity index (χ1v) is 6.32. The first-order valence-electron chi connectivity index (χ1n) is 6.32. The van der Waals surface area contributed by atoms with Crippen LogP contribution in [-0.2, 0) is 4.79 Å². The minimum absolute atomic E-state index is 0.115. The molecule has 0 spiro atoms. The number of carbonyl (C=O) groups is 1. The average Bonchev–Trinajstić information content (AvgIpc) is 2.59. The number of nitroso groups, excluding NO2 is 2. The molecule has 0 bridgehead atoms. The molecule has 0 fully saturated rings. The Morgan fingerprint density at radius 3 is 2.71 bits per heavy atom. The van der Waals surface area contributed by atoms with Gasteiger partial charge in [-0.3, -0.25) is 4.79 Å². The number of aromatic hydroxyl groups is 1. The van der Waals surface area contributed by atoms with Crippen molar-refractivity contribution >= 4 is 29.2 Å². The van der Waals surface area contributed by atoms with Crippen molar-refractivity contribution in [2.24, 2.45) is 10.4 Å². The molecule has 10 heteroatoms. The zero-order chi connectivity index (χ0) is 17.5. The van der Waals surface area contributed by atoms with Gasteiger partial charge < -0.3 is 10.4 Å². The molecule has 1 aromatic heterocycles. The Kier molecular flexibility index (Phi) is 4.99. The van der Waals surface area contributed by atoms with Gasteiger partial charge in [0.1, 0.15) is 35.2 Å². The number of nitrogens with one attached hydrogen (secondary N) is 1. The number of amides is 1. The van der Waals surface area contributed by atoms with Crippen LogP contribution in [0.3, 0.4) is 0 Å². The van der Waals surface area contributed by atoms with E-state index < -0.39 is 23.0 Å². The maximum atomic E-state index is 12.0. The van der Waals surface area contributed by atoms with Gasteiger partial charge in [-0.25, -0.2) is 9.97 Å². The molecule has 0 atom stereocenters. The number of aromatic nitrogens is 2. The van der Waals surface area contributed by atoms with Gasteiger partial charge in [-0.1, -0.05) is 0 Å². The molecule has 24 heavy (non-hydrogen) atoms. The molecule has 1 aromatic carbocycles. The lowest BCUT2D eigenvalue weighted by atomic mass is 10.1. The molecule has 2 aromatic rings. The van der Waals surface area contributed by atoms with Crippen LogP contribution in [0, 0.1) is 21.1 Å². The lowest BCUT2D eigenvalue weighted by Crippen LogP contribution is -2.14. The van der Waals surface area contributed by atoms with Crippen LogP contribution in [0.2, 0.25) is 0 Å². The third kappa shape index (κ3) is 3.60. The fourth-order valence-electron chi connectivity index (χ4n) is 1.74. The number of phenolic OH excluding ortho intramolecular Hbond substituents is 1. The van der Waals surface area contributed by atoms with Crippen molar-refractivity contribution < 1.29 is 9.90 Å². The van der Waals surface area contributed by atoms with E-state index in [-0.39, 0.29) is 17.0 Å². The highest BCUT2D eigenvalue weighted by atomic mass is 16.3. The van der Waals surface area contributed by atoms with Gasteiger partial charge in [0.05, 0.1) is 0 Å². The van der Waals surface area contributed by atoms with Crippen LogP contribution in [0.15, 0.2) is 46.7 Å². The van der Waals surface area contributed by atoms with Crippen molar-refractivity contribution in [2.45, 2.75) is 0 Å². The molecular formula is C14H8N6O4. The van der Waals surface area contributed by atoms with Crippen LogP contribution in [0.4, 0.5) is 17.2 Å². The molecule has 2 rings (SSSR count). The molecule has 0 saturated carbocycles. The SMILES string of the molecule is N#C/C(=C\c1cc(O)c(N=O)c(N=O)c1)C(=O)Nc1ccncn1. The van der Waals surface area contributed by atoms with E-state index in [0.29, 0.717) is 0 Å². The Balaban J connectivity index is 2.35. The summed E-state index contributed by atoms with van der Waals surface area (Å²) in [6, 6.07) is 5.29. The number of rotatable bonds is 5. The standard InChI is InChI=1S/C14H8N6O4/c15-6-9(14(22)18-12-1-2-16-7-17-12)3-8-4-10(19-23)13(20-24)11(21)5-8/h1-5,7,21H,(H,16,17,18,22)/b9-3+. The smallest absolute Gasteiger partial charge is 0.267 e. The second-order valence-corrected chi connectivity index (χ2v) is 4.31. The minimum atomic E-state index is -0.756. The number of benzene rings is 1. The Morgan fingerprint density at radius 1 is 1.33 bits per heavy atom. The van der Waals surface area contributed by atoms with Gasteiger partial charge in [-0.2, -0.15) is 5.26 Å². The van der Waals surface area contributed by atoms with Gasteiger partial charge in [-0.05, 0) is 40.2 Å². The molecule has 1 amide bonds. The normalized spacial score (nSPS) is 10.5. The van der Waals surface area contributed by atoms with E-state index in [4.69, 9.17) is 5.26 Å². The lowest BCUT2D eigenvalue weighted by Gasteiger charge is -2.04. The average molecular weight is 324 g/mol. The first kappa shape index (κ1) is 16.4. The topological polar surface area (TPSA) is 158 Å². The van der Waals surface area contributed by atoms with Gasteiger partial charge in [-0.15, -0.1) is 9.81 Å². The van der Waals surface area contributed by atoms with Crippen molar-refractivity contribution in [1.29, 1.82) is 5.26 Å². The van der Waals surface area contributed by atoms with E-state index in [0.717, 1.165) is 18.2 Å². The van der Waals surface area contributed by atoms with Crippen LogP contribution < -0.4 is 5.32 Å². The Labute approximate surface area is 134 Å². The van der Waals surface area contributed by atoms with Gasteiger partial charge in [0.25, 0.3) is 5.91 Å². The van der Waals surface area contributed by atoms with Crippen LogP contribution in [0.1, 0.15) is 5.56 Å². The maximum Gasteiger partial charge on any atom is 0.267 e. The number of hydrogen-bond donors (Lipinski definition) is 2. The van der Waals surface area contributed by atoms with Crippen molar-refractivity contribution in [3.05, 3.63) is 51.7 Å².